The minimum atomic E-state index is -4.69. The highest BCUT2D eigenvalue weighted by Gasteiger charge is 2.57. The number of aliphatic hydroxyl groups is 2. The van der Waals surface area contributed by atoms with Gasteiger partial charge in [-0.05, 0) is 68.6 Å². The molecular formula is C21H26O9S. The minimum Gasteiger partial charge on any atom is -0.462 e. The van der Waals surface area contributed by atoms with Crippen LogP contribution >= 0.6 is 0 Å². The van der Waals surface area contributed by atoms with Gasteiger partial charge in [0.25, 0.3) is 10.1 Å². The van der Waals surface area contributed by atoms with Gasteiger partial charge in [0.15, 0.2) is 0 Å². The third-order valence-electron chi connectivity index (χ3n) is 6.66. The van der Waals surface area contributed by atoms with Gasteiger partial charge in [-0.25, -0.2) is 9.59 Å². The average molecular weight is 454 g/mol. The van der Waals surface area contributed by atoms with Crippen LogP contribution in [0.5, 0.6) is 0 Å². The summed E-state index contributed by atoms with van der Waals surface area (Å²) in [4.78, 5) is 24.2. The Bertz CT molecular complexity index is 986. The van der Waals surface area contributed by atoms with Gasteiger partial charge >= 0.3 is 11.9 Å². The van der Waals surface area contributed by atoms with E-state index in [0.29, 0.717) is 18.3 Å². The molecule has 9 nitrogen and oxygen atoms in total. The predicted octanol–water partition coefficient (Wildman–Crippen LogP) is 1.57. The number of benzene rings is 1. The van der Waals surface area contributed by atoms with E-state index < -0.39 is 39.2 Å². The molecule has 4 aliphatic carbocycles. The van der Waals surface area contributed by atoms with Crippen molar-refractivity contribution in [2.75, 3.05) is 19.8 Å². The van der Waals surface area contributed by atoms with Crippen molar-refractivity contribution in [1.82, 2.24) is 0 Å². The molecule has 0 heterocycles. The summed E-state index contributed by atoms with van der Waals surface area (Å²) in [6.45, 7) is -0.626. The standard InChI is InChI=1S/C21H26O9S/c22-1-2-29-18(23)15-4-16(6-17(5-15)31(26,27)28)19(24)30-12-20-7-13-3-14(8-20)10-21(25,9-13)11-20/h4-6,13-14,22,25H,1-3,7-12H2,(H,26,27,28). The minimum absolute atomic E-state index is 0.0987. The second-order valence-corrected chi connectivity index (χ2v) is 10.8. The molecule has 0 radical (unpaired) electrons. The predicted molar refractivity (Wildman–Crippen MR) is 106 cm³/mol. The third-order valence-corrected chi connectivity index (χ3v) is 7.49. The molecule has 5 rings (SSSR count). The molecule has 0 saturated heterocycles. The number of ether oxygens (including phenoxy) is 2. The molecule has 0 aromatic heterocycles. The maximum Gasteiger partial charge on any atom is 0.338 e. The second kappa shape index (κ2) is 7.84. The van der Waals surface area contributed by atoms with Gasteiger partial charge in [0, 0.05) is 5.41 Å². The molecule has 3 N–H and O–H groups in total. The Balaban J connectivity index is 1.53. The van der Waals surface area contributed by atoms with Crippen LogP contribution in [-0.2, 0) is 19.6 Å². The van der Waals surface area contributed by atoms with Gasteiger partial charge in [-0.15, -0.1) is 0 Å². The molecule has 0 spiro atoms. The Morgan fingerprint density at radius 2 is 1.58 bits per heavy atom. The summed E-state index contributed by atoms with van der Waals surface area (Å²) >= 11 is 0. The Hall–Kier alpha value is -2.01. The largest absolute Gasteiger partial charge is 0.462 e. The van der Waals surface area contributed by atoms with E-state index in [0.717, 1.165) is 50.3 Å². The highest BCUT2D eigenvalue weighted by Crippen LogP contribution is 2.61. The smallest absolute Gasteiger partial charge is 0.338 e. The first-order valence-electron chi connectivity index (χ1n) is 10.3. The lowest BCUT2D eigenvalue weighted by Crippen LogP contribution is -2.57. The van der Waals surface area contributed by atoms with Crippen molar-refractivity contribution in [1.29, 1.82) is 0 Å². The lowest BCUT2D eigenvalue weighted by Gasteiger charge is -2.59. The molecular weight excluding hydrogens is 428 g/mol. The third kappa shape index (κ3) is 4.62. The van der Waals surface area contributed by atoms with E-state index in [1.54, 1.807) is 0 Å². The van der Waals surface area contributed by atoms with E-state index in [9.17, 15) is 27.7 Å². The van der Waals surface area contributed by atoms with E-state index in [2.05, 4.69) is 0 Å². The van der Waals surface area contributed by atoms with Gasteiger partial charge in [0.2, 0.25) is 0 Å². The lowest BCUT2D eigenvalue weighted by molar-refractivity contribution is -0.175. The van der Waals surface area contributed by atoms with Crippen LogP contribution in [0, 0.1) is 17.3 Å². The SMILES string of the molecule is O=C(OCCO)c1cc(C(=O)OCC23CC4CC(CC(O)(C4)C2)C3)cc(S(=O)(=O)O)c1. The summed E-state index contributed by atoms with van der Waals surface area (Å²) in [6, 6.07) is 2.96. The zero-order chi connectivity index (χ0) is 22.4. The molecule has 4 saturated carbocycles. The number of carbonyl (C=O) groups is 2. The first kappa shape index (κ1) is 22.2. The van der Waals surface area contributed by atoms with Crippen LogP contribution in [-0.4, -0.2) is 60.5 Å². The van der Waals surface area contributed by atoms with Gasteiger partial charge < -0.3 is 19.7 Å². The van der Waals surface area contributed by atoms with Crippen LogP contribution < -0.4 is 0 Å². The van der Waals surface area contributed by atoms with Crippen molar-refractivity contribution < 1.29 is 42.2 Å². The fourth-order valence-electron chi connectivity index (χ4n) is 6.08. The molecule has 4 fully saturated rings. The molecule has 1 aromatic rings. The molecule has 4 bridgehead atoms. The zero-order valence-corrected chi connectivity index (χ0v) is 17.8. The topological polar surface area (TPSA) is 147 Å². The summed E-state index contributed by atoms with van der Waals surface area (Å²) in [6.07, 6.45) is 4.99. The van der Waals surface area contributed by atoms with E-state index in [-0.39, 0.29) is 29.8 Å². The molecule has 31 heavy (non-hydrogen) atoms. The molecule has 2 unspecified atom stereocenters. The van der Waals surface area contributed by atoms with Crippen molar-refractivity contribution in [2.24, 2.45) is 17.3 Å². The highest BCUT2D eigenvalue weighted by molar-refractivity contribution is 7.85. The monoisotopic (exact) mass is 454 g/mol. The van der Waals surface area contributed by atoms with Crippen molar-refractivity contribution in [3.05, 3.63) is 29.3 Å². The molecule has 170 valence electrons. The number of hydrogen-bond donors (Lipinski definition) is 3. The van der Waals surface area contributed by atoms with E-state index in [1.807, 2.05) is 0 Å². The maximum atomic E-state index is 12.7. The zero-order valence-electron chi connectivity index (χ0n) is 17.0. The van der Waals surface area contributed by atoms with Gasteiger partial charge in [0.1, 0.15) is 6.61 Å². The Labute approximate surface area is 180 Å². The number of esters is 2. The Kier molecular flexibility index (Phi) is 5.61. The first-order valence-corrected chi connectivity index (χ1v) is 11.8. The van der Waals surface area contributed by atoms with Crippen LogP contribution in [0.1, 0.15) is 59.2 Å². The summed E-state index contributed by atoms with van der Waals surface area (Å²) < 4.78 is 42.9. The van der Waals surface area contributed by atoms with Crippen molar-refractivity contribution in [3.8, 4) is 0 Å². The second-order valence-electron chi connectivity index (χ2n) is 9.34. The van der Waals surface area contributed by atoms with Crippen molar-refractivity contribution >= 4 is 22.1 Å². The highest BCUT2D eigenvalue weighted by atomic mass is 32.2. The summed E-state index contributed by atoms with van der Waals surface area (Å²) in [5, 5.41) is 19.6. The van der Waals surface area contributed by atoms with Gasteiger partial charge in [-0.1, -0.05) is 0 Å². The quantitative estimate of drug-likeness (QED) is 0.412. The summed E-state index contributed by atoms with van der Waals surface area (Å²) in [7, 11) is -4.69. The van der Waals surface area contributed by atoms with E-state index in [1.165, 1.54) is 0 Å². The number of carbonyl (C=O) groups excluding carboxylic acids is 2. The Morgan fingerprint density at radius 1 is 1.00 bits per heavy atom. The average Bonchev–Trinajstić information content (AvgIpc) is 2.67. The molecule has 10 heteroatoms. The normalized spacial score (nSPS) is 31.5. The number of aliphatic hydroxyl groups excluding tert-OH is 1. The van der Waals surface area contributed by atoms with Crippen LogP contribution in [0.15, 0.2) is 23.1 Å². The molecule has 1 aromatic carbocycles. The van der Waals surface area contributed by atoms with Crippen LogP contribution in [0.25, 0.3) is 0 Å². The van der Waals surface area contributed by atoms with Crippen molar-refractivity contribution in [3.63, 3.8) is 0 Å². The maximum absolute atomic E-state index is 12.7. The van der Waals surface area contributed by atoms with Gasteiger partial charge in [0.05, 0.1) is 34.8 Å². The van der Waals surface area contributed by atoms with Crippen LogP contribution in [0.3, 0.4) is 0 Å². The van der Waals surface area contributed by atoms with Gasteiger partial charge in [-0.2, -0.15) is 8.42 Å². The van der Waals surface area contributed by atoms with E-state index >= 15 is 0 Å². The fourth-order valence-corrected chi connectivity index (χ4v) is 6.63. The summed E-state index contributed by atoms with van der Waals surface area (Å²) in [5.41, 5.74) is -1.47. The molecule has 4 aliphatic rings. The summed E-state index contributed by atoms with van der Waals surface area (Å²) in [5.74, 6) is -0.942. The van der Waals surface area contributed by atoms with Gasteiger partial charge in [-0.3, -0.25) is 4.55 Å². The molecule has 2 atom stereocenters. The first-order chi connectivity index (χ1) is 14.5. The lowest BCUT2D eigenvalue weighted by atomic mass is 9.48. The van der Waals surface area contributed by atoms with Crippen LogP contribution in [0.2, 0.25) is 0 Å². The van der Waals surface area contributed by atoms with Crippen molar-refractivity contribution in [2.45, 2.75) is 49.0 Å². The number of hydrogen-bond acceptors (Lipinski definition) is 8. The van der Waals surface area contributed by atoms with Crippen LogP contribution in [0.4, 0.5) is 0 Å². The fraction of sp³-hybridized carbons (Fsp3) is 0.619. The number of rotatable bonds is 7. The molecule has 0 aliphatic heterocycles. The van der Waals surface area contributed by atoms with E-state index in [4.69, 9.17) is 14.6 Å². The molecule has 0 amide bonds. The Morgan fingerprint density at radius 3 is 2.10 bits per heavy atom.